The number of aliphatic imine (C=N–C) groups is 1. The fraction of sp³-hybridized carbons (Fsp3) is 0.278. The predicted octanol–water partition coefficient (Wildman–Crippen LogP) is 4.76. The third kappa shape index (κ3) is 3.66. The predicted molar refractivity (Wildman–Crippen MR) is 82.2 cm³/mol. The van der Waals surface area contributed by atoms with Gasteiger partial charge in [0.05, 0.1) is 5.69 Å². The molecule has 2 nitrogen and oxygen atoms in total. The molecule has 0 radical (unpaired) electrons. The molecule has 0 saturated carbocycles. The van der Waals surface area contributed by atoms with Crippen LogP contribution >= 0.6 is 0 Å². The molecule has 0 saturated heterocycles. The van der Waals surface area contributed by atoms with Crippen molar-refractivity contribution in [2.75, 3.05) is 0 Å². The van der Waals surface area contributed by atoms with Gasteiger partial charge in [0.15, 0.2) is 0 Å². The maximum Gasteiger partial charge on any atom is 0.240 e. The Balaban J connectivity index is 2.07. The highest BCUT2D eigenvalue weighted by atomic mass is 16.1. The van der Waals surface area contributed by atoms with E-state index in [1.807, 2.05) is 24.3 Å². The third-order valence-electron chi connectivity index (χ3n) is 3.68. The van der Waals surface area contributed by atoms with Crippen molar-refractivity contribution < 1.29 is 4.79 Å². The van der Waals surface area contributed by atoms with Crippen LogP contribution in [-0.4, -0.2) is 6.08 Å². The monoisotopic (exact) mass is 265 g/mol. The van der Waals surface area contributed by atoms with Gasteiger partial charge in [0.2, 0.25) is 6.08 Å². The van der Waals surface area contributed by atoms with Crippen molar-refractivity contribution in [3.63, 3.8) is 0 Å². The molecule has 0 aromatic heterocycles. The lowest BCUT2D eigenvalue weighted by Crippen LogP contribution is -1.93. The van der Waals surface area contributed by atoms with Gasteiger partial charge in [-0.2, -0.15) is 4.99 Å². The molecule has 20 heavy (non-hydrogen) atoms. The highest BCUT2D eigenvalue weighted by Crippen LogP contribution is 2.20. The molecule has 0 aliphatic rings. The van der Waals surface area contributed by atoms with E-state index in [0.29, 0.717) is 11.6 Å². The number of rotatable bonds is 5. The molecule has 2 heteroatoms. The highest BCUT2D eigenvalue weighted by molar-refractivity contribution is 5.49. The Labute approximate surface area is 120 Å². The zero-order valence-corrected chi connectivity index (χ0v) is 12.0. The topological polar surface area (TPSA) is 29.4 Å². The van der Waals surface area contributed by atoms with Gasteiger partial charge in [-0.3, -0.25) is 0 Å². The Morgan fingerprint density at radius 2 is 1.55 bits per heavy atom. The molecule has 0 fully saturated rings. The van der Waals surface area contributed by atoms with Crippen LogP contribution in [0.2, 0.25) is 0 Å². The minimum Gasteiger partial charge on any atom is -0.211 e. The SMILES string of the molecule is CC[C@H](C)c1ccc(Cc2ccc(N=C=O)cc2)cc1. The Kier molecular flexibility index (Phi) is 4.86. The standard InChI is InChI=1S/C18H19NO/c1-3-14(2)17-8-4-15(5-9-17)12-16-6-10-18(11-7-16)19-13-20/h4-11,14H,3,12H2,1-2H3/t14-/m0/s1. The summed E-state index contributed by atoms with van der Waals surface area (Å²) in [4.78, 5) is 13.8. The van der Waals surface area contributed by atoms with Crippen molar-refractivity contribution in [3.8, 4) is 0 Å². The average Bonchev–Trinajstić information content (AvgIpc) is 2.49. The summed E-state index contributed by atoms with van der Waals surface area (Å²) in [6.07, 6.45) is 3.61. The van der Waals surface area contributed by atoms with Crippen molar-refractivity contribution in [1.82, 2.24) is 0 Å². The quantitative estimate of drug-likeness (QED) is 0.566. The van der Waals surface area contributed by atoms with Gasteiger partial charge in [-0.25, -0.2) is 4.79 Å². The maximum atomic E-state index is 10.2. The zero-order valence-electron chi connectivity index (χ0n) is 12.0. The first-order valence-corrected chi connectivity index (χ1v) is 6.98. The molecular formula is C18H19NO. The Morgan fingerprint density at radius 1 is 1.00 bits per heavy atom. The molecule has 0 amide bonds. The van der Waals surface area contributed by atoms with Crippen molar-refractivity contribution in [2.45, 2.75) is 32.6 Å². The van der Waals surface area contributed by atoms with Gasteiger partial charge in [-0.15, -0.1) is 0 Å². The van der Waals surface area contributed by atoms with Crippen molar-refractivity contribution in [2.24, 2.45) is 4.99 Å². The van der Waals surface area contributed by atoms with Crippen molar-refractivity contribution in [3.05, 3.63) is 65.2 Å². The van der Waals surface area contributed by atoms with Crippen LogP contribution in [0.25, 0.3) is 0 Å². The smallest absolute Gasteiger partial charge is 0.211 e. The van der Waals surface area contributed by atoms with Crippen molar-refractivity contribution in [1.29, 1.82) is 0 Å². The molecule has 1 atom stereocenters. The summed E-state index contributed by atoms with van der Waals surface area (Å²) in [5.74, 6) is 0.615. The van der Waals surface area contributed by atoms with E-state index in [1.54, 1.807) is 6.08 Å². The van der Waals surface area contributed by atoms with E-state index < -0.39 is 0 Å². The van der Waals surface area contributed by atoms with Crippen LogP contribution in [0, 0.1) is 0 Å². The molecular weight excluding hydrogens is 246 g/mol. The summed E-state index contributed by atoms with van der Waals surface area (Å²) < 4.78 is 0. The fourth-order valence-corrected chi connectivity index (χ4v) is 2.18. The first-order valence-electron chi connectivity index (χ1n) is 6.98. The van der Waals surface area contributed by atoms with Crippen LogP contribution in [0.4, 0.5) is 5.69 Å². The van der Waals surface area contributed by atoms with Crippen LogP contribution in [0.3, 0.4) is 0 Å². The molecule has 102 valence electrons. The summed E-state index contributed by atoms with van der Waals surface area (Å²) in [6, 6.07) is 16.5. The molecule has 0 spiro atoms. The molecule has 0 N–H and O–H groups in total. The molecule has 0 unspecified atom stereocenters. The van der Waals surface area contributed by atoms with Gasteiger partial charge in [-0.05, 0) is 47.6 Å². The Morgan fingerprint density at radius 3 is 2.05 bits per heavy atom. The second-order valence-corrected chi connectivity index (χ2v) is 5.10. The number of benzene rings is 2. The highest BCUT2D eigenvalue weighted by Gasteiger charge is 2.03. The van der Waals surface area contributed by atoms with Crippen LogP contribution in [0.1, 0.15) is 42.9 Å². The lowest BCUT2D eigenvalue weighted by Gasteiger charge is -2.10. The number of hydrogen-bond donors (Lipinski definition) is 0. The van der Waals surface area contributed by atoms with Gasteiger partial charge in [-0.1, -0.05) is 50.2 Å². The van der Waals surface area contributed by atoms with E-state index in [1.165, 1.54) is 16.7 Å². The van der Waals surface area contributed by atoms with Crippen LogP contribution < -0.4 is 0 Å². The lowest BCUT2D eigenvalue weighted by atomic mass is 9.96. The third-order valence-corrected chi connectivity index (χ3v) is 3.68. The maximum absolute atomic E-state index is 10.2. The summed E-state index contributed by atoms with van der Waals surface area (Å²) in [5.41, 5.74) is 4.55. The summed E-state index contributed by atoms with van der Waals surface area (Å²) in [6.45, 7) is 4.46. The van der Waals surface area contributed by atoms with E-state index in [9.17, 15) is 4.79 Å². The summed E-state index contributed by atoms with van der Waals surface area (Å²) in [7, 11) is 0. The zero-order chi connectivity index (χ0) is 14.4. The van der Waals surface area contributed by atoms with E-state index in [0.717, 1.165) is 12.8 Å². The fourth-order valence-electron chi connectivity index (χ4n) is 2.18. The molecule has 0 aliphatic carbocycles. The van der Waals surface area contributed by atoms with Gasteiger partial charge in [0.1, 0.15) is 0 Å². The van der Waals surface area contributed by atoms with Crippen molar-refractivity contribution >= 4 is 11.8 Å². The lowest BCUT2D eigenvalue weighted by molar-refractivity contribution is 0.565. The van der Waals surface area contributed by atoms with E-state index in [4.69, 9.17) is 0 Å². The second-order valence-electron chi connectivity index (χ2n) is 5.10. The van der Waals surface area contributed by atoms with Gasteiger partial charge in [0, 0.05) is 0 Å². The van der Waals surface area contributed by atoms with Crippen LogP contribution in [0.15, 0.2) is 53.5 Å². The second kappa shape index (κ2) is 6.83. The van der Waals surface area contributed by atoms with E-state index in [-0.39, 0.29) is 0 Å². The van der Waals surface area contributed by atoms with Gasteiger partial charge >= 0.3 is 0 Å². The van der Waals surface area contributed by atoms with Gasteiger partial charge in [0.25, 0.3) is 0 Å². The minimum atomic E-state index is 0.615. The molecule has 2 aromatic carbocycles. The first kappa shape index (κ1) is 14.2. The Bertz CT molecular complexity index is 592. The molecule has 0 aliphatic heterocycles. The first-order chi connectivity index (χ1) is 9.72. The molecule has 0 heterocycles. The molecule has 0 bridgehead atoms. The summed E-state index contributed by atoms with van der Waals surface area (Å²) >= 11 is 0. The normalized spacial score (nSPS) is 11.7. The number of isocyanates is 1. The van der Waals surface area contributed by atoms with Crippen LogP contribution in [0.5, 0.6) is 0 Å². The van der Waals surface area contributed by atoms with E-state index >= 15 is 0 Å². The van der Waals surface area contributed by atoms with Gasteiger partial charge < -0.3 is 0 Å². The molecule has 2 aromatic rings. The average molecular weight is 265 g/mol. The molecule has 2 rings (SSSR count). The number of hydrogen-bond acceptors (Lipinski definition) is 2. The van der Waals surface area contributed by atoms with Crippen LogP contribution in [-0.2, 0) is 11.2 Å². The minimum absolute atomic E-state index is 0.615. The summed E-state index contributed by atoms with van der Waals surface area (Å²) in [5, 5.41) is 0. The van der Waals surface area contributed by atoms with E-state index in [2.05, 4.69) is 43.1 Å². The largest absolute Gasteiger partial charge is 0.240 e. The Hall–Kier alpha value is -2.18. The number of carbonyl (C=O) groups excluding carboxylic acids is 1. The number of nitrogens with zero attached hydrogens (tertiary/aromatic N) is 1.